The molecule has 2 heterocycles. The molecule has 6 heteroatoms. The van der Waals surface area contributed by atoms with Crippen molar-refractivity contribution in [2.24, 2.45) is 9.98 Å². The van der Waals surface area contributed by atoms with Gasteiger partial charge in [-0.25, -0.2) is 0 Å². The van der Waals surface area contributed by atoms with E-state index in [1.165, 1.54) is 11.0 Å². The van der Waals surface area contributed by atoms with E-state index < -0.39 is 0 Å². The predicted molar refractivity (Wildman–Crippen MR) is 119 cm³/mol. The van der Waals surface area contributed by atoms with Crippen LogP contribution in [0.4, 0.5) is 5.69 Å². The summed E-state index contributed by atoms with van der Waals surface area (Å²) >= 11 is 0. The molecule has 1 unspecified atom stereocenters. The topological polar surface area (TPSA) is 52.0 Å². The van der Waals surface area contributed by atoms with Gasteiger partial charge in [0.15, 0.2) is 0 Å². The highest BCUT2D eigenvalue weighted by atomic mass is 31.1. The number of benzene rings is 1. The summed E-state index contributed by atoms with van der Waals surface area (Å²) in [6, 6.07) is 8.24. The maximum absolute atomic E-state index is 4.53. The summed E-state index contributed by atoms with van der Waals surface area (Å²) in [6.07, 6.45) is 19.6. The van der Waals surface area contributed by atoms with Crippen LogP contribution in [0.25, 0.3) is 0 Å². The van der Waals surface area contributed by atoms with Crippen LogP contribution in [0.2, 0.25) is 0 Å². The number of hydrogen-bond donors (Lipinski definition) is 2. The van der Waals surface area contributed by atoms with Crippen molar-refractivity contribution < 1.29 is 0 Å². The molecule has 0 amide bonds. The van der Waals surface area contributed by atoms with Crippen molar-refractivity contribution in [2.75, 3.05) is 25.1 Å². The number of guanidine groups is 1. The van der Waals surface area contributed by atoms with Gasteiger partial charge in [-0.05, 0) is 24.5 Å². The zero-order valence-corrected chi connectivity index (χ0v) is 16.7. The lowest BCUT2D eigenvalue weighted by Crippen LogP contribution is -2.28. The first-order valence-electron chi connectivity index (χ1n) is 9.29. The molecule has 1 aromatic carbocycles. The van der Waals surface area contributed by atoms with E-state index >= 15 is 0 Å². The fourth-order valence-corrected chi connectivity index (χ4v) is 3.75. The minimum Gasteiger partial charge on any atom is -0.316 e. The van der Waals surface area contributed by atoms with E-state index in [9.17, 15) is 0 Å². The number of allylic oxidation sites excluding steroid dienone is 4. The molecule has 4 rings (SSSR count). The van der Waals surface area contributed by atoms with Gasteiger partial charge in [0, 0.05) is 13.1 Å². The van der Waals surface area contributed by atoms with E-state index in [4.69, 9.17) is 0 Å². The van der Waals surface area contributed by atoms with Crippen LogP contribution < -0.4 is 15.9 Å². The summed E-state index contributed by atoms with van der Waals surface area (Å²) < 4.78 is 0. The van der Waals surface area contributed by atoms with E-state index in [1.54, 1.807) is 6.20 Å². The molecule has 28 heavy (non-hydrogen) atoms. The van der Waals surface area contributed by atoms with E-state index in [0.717, 1.165) is 30.9 Å². The lowest BCUT2D eigenvalue weighted by molar-refractivity contribution is 0.385. The molecule has 0 spiro atoms. The maximum atomic E-state index is 4.53. The standard InChI is InChI=1S/C22H22N5P/c1-28-20-8-4-3-7-19(20)25-21-13-14-23-22(26-21)24-17-9-11-18(12-10-17)27-15-5-2-6-16-27/h2-5,7-9,11-12,14,28H,6,15-16H2,1H3,(H2,23,24,25,26)/q+2. The van der Waals surface area contributed by atoms with E-state index in [2.05, 4.69) is 74.7 Å². The Bertz CT molecular complexity index is 949. The minimum atomic E-state index is 0.516. The Morgan fingerprint density at radius 1 is 1.14 bits per heavy atom. The number of hydrogen-bond acceptors (Lipinski definition) is 5. The number of amidine groups is 1. The molecule has 0 fully saturated rings. The lowest BCUT2D eigenvalue weighted by atomic mass is 10.1. The lowest BCUT2D eigenvalue weighted by Gasteiger charge is -2.22. The van der Waals surface area contributed by atoms with Crippen molar-refractivity contribution in [1.29, 1.82) is 0 Å². The van der Waals surface area contributed by atoms with E-state index in [1.807, 2.05) is 24.3 Å². The zero-order valence-electron chi connectivity index (χ0n) is 15.7. The number of para-hydroxylation sites is 1. The number of aliphatic imine (C=N–C) groups is 2. The monoisotopic (exact) mass is 387 g/mol. The van der Waals surface area contributed by atoms with Crippen LogP contribution in [0.1, 0.15) is 6.42 Å². The minimum absolute atomic E-state index is 0.516. The molecule has 138 valence electrons. The highest BCUT2D eigenvalue weighted by Gasteiger charge is 2.21. The van der Waals surface area contributed by atoms with Gasteiger partial charge in [-0.15, -0.1) is 4.99 Å². The molecule has 3 aliphatic rings. The predicted octanol–water partition coefficient (Wildman–Crippen LogP) is 3.11. The third-order valence-electron chi connectivity index (χ3n) is 4.52. The van der Waals surface area contributed by atoms with Gasteiger partial charge in [-0.2, -0.15) is 4.99 Å². The van der Waals surface area contributed by atoms with Gasteiger partial charge in [0.2, 0.25) is 11.7 Å². The quantitative estimate of drug-likeness (QED) is 0.474. The van der Waals surface area contributed by atoms with Gasteiger partial charge < -0.3 is 4.90 Å². The highest BCUT2D eigenvalue weighted by molar-refractivity contribution is 7.46. The van der Waals surface area contributed by atoms with Gasteiger partial charge in [-0.3, -0.25) is 10.6 Å². The fourth-order valence-electron chi connectivity index (χ4n) is 3.07. The van der Waals surface area contributed by atoms with Crippen molar-refractivity contribution >= 4 is 31.4 Å². The first-order valence-corrected chi connectivity index (χ1v) is 10.8. The molecule has 5 nitrogen and oxygen atoms in total. The van der Waals surface area contributed by atoms with E-state index in [-0.39, 0.29) is 0 Å². The normalized spacial score (nSPS) is 18.1. The van der Waals surface area contributed by atoms with Crippen LogP contribution in [-0.4, -0.2) is 36.4 Å². The van der Waals surface area contributed by atoms with Crippen LogP contribution in [0.5, 0.6) is 0 Å². The van der Waals surface area contributed by atoms with Gasteiger partial charge in [0.25, 0.3) is 6.20 Å². The van der Waals surface area contributed by atoms with Gasteiger partial charge >= 0.3 is 11.9 Å². The molecule has 1 atom stereocenters. The third kappa shape index (κ3) is 4.42. The molecule has 2 aliphatic heterocycles. The van der Waals surface area contributed by atoms with Gasteiger partial charge in [0.05, 0.1) is 23.9 Å². The Hall–Kier alpha value is -3.09. The third-order valence-corrected chi connectivity index (χ3v) is 5.50. The Kier molecular flexibility index (Phi) is 5.70. The van der Waals surface area contributed by atoms with Crippen LogP contribution in [0.15, 0.2) is 82.2 Å². The van der Waals surface area contributed by atoms with Crippen LogP contribution >= 0.6 is 8.58 Å². The molecule has 1 aliphatic carbocycles. The Morgan fingerprint density at radius 2 is 2.07 bits per heavy atom. The van der Waals surface area contributed by atoms with Crippen molar-refractivity contribution in [3.05, 3.63) is 84.4 Å². The first-order chi connectivity index (χ1) is 13.8. The number of anilines is 1. The second-order valence-electron chi connectivity index (χ2n) is 6.40. The SMILES string of the molecule is CPc1ccccc1NC1=NC(NC2=[C+]C=C(N3CC=CCC3)C=C2)=NC=[C+]1. The average molecular weight is 387 g/mol. The van der Waals surface area contributed by atoms with Crippen LogP contribution in [0.3, 0.4) is 0 Å². The summed E-state index contributed by atoms with van der Waals surface area (Å²) in [4.78, 5) is 11.1. The van der Waals surface area contributed by atoms with Crippen molar-refractivity contribution in [3.63, 3.8) is 0 Å². The molecule has 1 aromatic rings. The molecule has 0 radical (unpaired) electrons. The number of nitrogens with one attached hydrogen (secondary N) is 2. The summed E-state index contributed by atoms with van der Waals surface area (Å²) in [5.74, 6) is 1.16. The Morgan fingerprint density at radius 3 is 2.86 bits per heavy atom. The molecule has 2 N–H and O–H groups in total. The molecule has 0 saturated heterocycles. The summed E-state index contributed by atoms with van der Waals surface area (Å²) in [6.45, 7) is 4.16. The maximum Gasteiger partial charge on any atom is 0.391 e. The second kappa shape index (κ2) is 8.73. The molecular weight excluding hydrogens is 365 g/mol. The number of nitrogens with zero attached hydrogens (tertiary/aromatic N) is 3. The molecule has 0 bridgehead atoms. The molecule has 0 saturated carbocycles. The summed E-state index contributed by atoms with van der Waals surface area (Å²) in [7, 11) is 0.707. The summed E-state index contributed by atoms with van der Waals surface area (Å²) in [5, 5.41) is 7.82. The van der Waals surface area contributed by atoms with Crippen molar-refractivity contribution in [3.8, 4) is 0 Å². The molecule has 0 aromatic heterocycles. The van der Waals surface area contributed by atoms with E-state index in [0.29, 0.717) is 20.4 Å². The van der Waals surface area contributed by atoms with Crippen LogP contribution in [0, 0.1) is 12.2 Å². The Balaban J connectivity index is 1.42. The number of rotatable bonds is 4. The zero-order chi connectivity index (χ0) is 19.2. The smallest absolute Gasteiger partial charge is 0.316 e. The first kappa shape index (κ1) is 18.3. The largest absolute Gasteiger partial charge is 0.391 e. The Labute approximate surface area is 167 Å². The summed E-state index contributed by atoms with van der Waals surface area (Å²) in [5.41, 5.74) is 3.07. The van der Waals surface area contributed by atoms with Crippen molar-refractivity contribution in [2.45, 2.75) is 6.42 Å². The fraction of sp³-hybridized carbons (Fsp3) is 0.182. The van der Waals surface area contributed by atoms with Gasteiger partial charge in [-0.1, -0.05) is 38.9 Å². The van der Waals surface area contributed by atoms with Crippen molar-refractivity contribution in [1.82, 2.24) is 10.2 Å². The average Bonchev–Trinajstić information content (AvgIpc) is 2.76. The second-order valence-corrected chi connectivity index (χ2v) is 7.44. The highest BCUT2D eigenvalue weighted by Crippen LogP contribution is 2.16. The molecular formula is C22H22N5P+2. The van der Waals surface area contributed by atoms with Crippen LogP contribution in [-0.2, 0) is 0 Å². The van der Waals surface area contributed by atoms with Gasteiger partial charge in [0.1, 0.15) is 11.8 Å².